The molecule has 3 aromatic carbocycles. The Kier molecular flexibility index (Phi) is 9.90. The number of aliphatic hydroxyl groups excluding tert-OH is 1. The number of ether oxygens (including phenoxy) is 2. The van der Waals surface area contributed by atoms with Crippen LogP contribution in [0.4, 0.5) is 5.69 Å². The Hall–Kier alpha value is -4.63. The van der Waals surface area contributed by atoms with E-state index in [1.807, 2.05) is 30.3 Å². The van der Waals surface area contributed by atoms with Crippen molar-refractivity contribution in [2.24, 2.45) is 10.1 Å². The molecule has 4 rings (SSSR count). The summed E-state index contributed by atoms with van der Waals surface area (Å²) < 4.78 is 12.0. The lowest BCUT2D eigenvalue weighted by Gasteiger charge is -2.30. The number of azide groups is 1. The van der Waals surface area contributed by atoms with Crippen molar-refractivity contribution in [1.82, 2.24) is 10.9 Å². The number of hydrogen-bond acceptors (Lipinski definition) is 7. The number of carbonyl (C=O) groups excluding carboxylic acids is 1. The second-order valence-corrected chi connectivity index (χ2v) is 9.15. The van der Waals surface area contributed by atoms with Gasteiger partial charge in [-0.3, -0.25) is 10.2 Å². The van der Waals surface area contributed by atoms with Crippen molar-refractivity contribution in [1.29, 1.82) is 0 Å². The Bertz CT molecular complexity index is 1370. The summed E-state index contributed by atoms with van der Waals surface area (Å²) in [6.07, 6.45) is 2.15. The van der Waals surface area contributed by atoms with Gasteiger partial charge in [0.1, 0.15) is 5.75 Å². The van der Waals surface area contributed by atoms with Crippen molar-refractivity contribution in [2.75, 3.05) is 19.8 Å². The van der Waals surface area contributed by atoms with Crippen molar-refractivity contribution in [3.8, 4) is 5.75 Å². The predicted molar refractivity (Wildman–Crippen MR) is 153 cm³/mol. The van der Waals surface area contributed by atoms with Gasteiger partial charge in [-0.2, -0.15) is 0 Å². The van der Waals surface area contributed by atoms with E-state index in [4.69, 9.17) is 25.1 Å². The molecule has 10 heteroatoms. The van der Waals surface area contributed by atoms with Gasteiger partial charge in [0.2, 0.25) is 5.90 Å². The molecule has 1 amide bonds. The second-order valence-electron chi connectivity index (χ2n) is 9.15. The number of aliphatic imine (C=N–C) groups is 1. The van der Waals surface area contributed by atoms with Crippen molar-refractivity contribution < 1.29 is 19.4 Å². The number of aliphatic hydroxyl groups is 1. The van der Waals surface area contributed by atoms with Gasteiger partial charge in [-0.25, -0.2) is 10.4 Å². The summed E-state index contributed by atoms with van der Waals surface area (Å²) in [5.41, 5.74) is 16.2. The minimum absolute atomic E-state index is 0.0516. The maximum Gasteiger partial charge on any atom is 0.266 e. The van der Waals surface area contributed by atoms with Crippen LogP contribution in [0.5, 0.6) is 5.75 Å². The highest BCUT2D eigenvalue weighted by Gasteiger charge is 2.53. The van der Waals surface area contributed by atoms with Crippen LogP contribution in [0.15, 0.2) is 102 Å². The lowest BCUT2D eigenvalue weighted by Crippen LogP contribution is -2.52. The molecule has 0 unspecified atom stereocenters. The van der Waals surface area contributed by atoms with Crippen molar-refractivity contribution >= 4 is 17.5 Å². The van der Waals surface area contributed by atoms with Crippen LogP contribution in [0.1, 0.15) is 35.6 Å². The first-order valence-corrected chi connectivity index (χ1v) is 13.0. The van der Waals surface area contributed by atoms with Crippen molar-refractivity contribution in [3.05, 3.63) is 119 Å². The monoisotopic (exact) mass is 540 g/mol. The number of nitrogens with zero attached hydrogens (tertiary/aromatic N) is 4. The van der Waals surface area contributed by atoms with Gasteiger partial charge in [0.05, 0.1) is 6.61 Å². The van der Waals surface area contributed by atoms with Gasteiger partial charge in [-0.1, -0.05) is 65.8 Å². The first-order valence-electron chi connectivity index (χ1n) is 13.0. The molecule has 10 nitrogen and oxygen atoms in total. The summed E-state index contributed by atoms with van der Waals surface area (Å²) in [4.78, 5) is 21.6. The molecule has 3 aromatic rings. The Morgan fingerprint density at radius 3 is 2.62 bits per heavy atom. The van der Waals surface area contributed by atoms with Crippen LogP contribution in [0.25, 0.3) is 10.4 Å². The SMILES string of the molecule is C=CC[C@]1(C(=O)NNCCc2ccccc2)N=C(c2ccc(OCCCO)cc2)O[C@H]1c1ccccc1N=[N+]=[N-]. The van der Waals surface area contributed by atoms with E-state index in [9.17, 15) is 4.79 Å². The van der Waals surface area contributed by atoms with E-state index in [0.717, 1.165) is 12.0 Å². The third-order valence-electron chi connectivity index (χ3n) is 6.44. The Morgan fingerprint density at radius 1 is 1.15 bits per heavy atom. The van der Waals surface area contributed by atoms with E-state index in [1.165, 1.54) is 0 Å². The lowest BCUT2D eigenvalue weighted by molar-refractivity contribution is -0.129. The number of amides is 1. The standard InChI is InChI=1S/C30H32N6O4/c1-2-18-30(29(38)35-32-19-17-22-9-4-3-5-10-22)27(25-11-6-7-12-26(25)34-36-31)40-28(33-30)23-13-15-24(16-14-23)39-21-8-20-37/h2-7,9-16,27,32,37H,1,8,17-21H2,(H,35,38)/t27-,30-/m0/s1. The smallest absolute Gasteiger partial charge is 0.266 e. The van der Waals surface area contributed by atoms with Gasteiger partial charge < -0.3 is 14.6 Å². The van der Waals surface area contributed by atoms with Gasteiger partial charge in [0, 0.05) is 47.7 Å². The van der Waals surface area contributed by atoms with E-state index in [1.54, 1.807) is 54.6 Å². The van der Waals surface area contributed by atoms with Crippen LogP contribution in [0, 0.1) is 0 Å². The summed E-state index contributed by atoms with van der Waals surface area (Å²) in [6, 6.07) is 24.1. The van der Waals surface area contributed by atoms with Gasteiger partial charge in [0.25, 0.3) is 5.91 Å². The van der Waals surface area contributed by atoms with Gasteiger partial charge in [-0.05, 0) is 41.8 Å². The van der Waals surface area contributed by atoms with E-state index >= 15 is 0 Å². The molecule has 0 aliphatic carbocycles. The first-order chi connectivity index (χ1) is 19.6. The molecular weight excluding hydrogens is 508 g/mol. The van der Waals surface area contributed by atoms with Crippen LogP contribution in [0.2, 0.25) is 0 Å². The third-order valence-corrected chi connectivity index (χ3v) is 6.44. The number of nitrogens with one attached hydrogen (secondary N) is 2. The first kappa shape index (κ1) is 28.4. The fraction of sp³-hybridized carbons (Fsp3) is 0.267. The predicted octanol–water partition coefficient (Wildman–Crippen LogP) is 5.09. The van der Waals surface area contributed by atoms with Crippen molar-refractivity contribution in [3.63, 3.8) is 0 Å². The zero-order valence-corrected chi connectivity index (χ0v) is 22.1. The molecule has 2 atom stereocenters. The topological polar surface area (TPSA) is 141 Å². The molecule has 1 aliphatic heterocycles. The van der Waals surface area contributed by atoms with Crippen LogP contribution < -0.4 is 15.6 Å². The largest absolute Gasteiger partial charge is 0.494 e. The highest BCUT2D eigenvalue weighted by molar-refractivity contribution is 6.01. The molecule has 1 heterocycles. The molecule has 0 saturated heterocycles. The molecule has 206 valence electrons. The number of benzene rings is 3. The van der Waals surface area contributed by atoms with Crippen LogP contribution in [-0.2, 0) is 16.0 Å². The van der Waals surface area contributed by atoms with Crippen molar-refractivity contribution in [2.45, 2.75) is 30.9 Å². The zero-order chi connectivity index (χ0) is 28.2. The van der Waals surface area contributed by atoms with E-state index < -0.39 is 17.6 Å². The highest BCUT2D eigenvalue weighted by Crippen LogP contribution is 2.45. The fourth-order valence-corrected chi connectivity index (χ4v) is 4.46. The molecule has 0 fully saturated rings. The minimum atomic E-state index is -1.42. The summed E-state index contributed by atoms with van der Waals surface area (Å²) in [6.45, 7) is 4.83. The summed E-state index contributed by atoms with van der Waals surface area (Å²) >= 11 is 0. The Balaban J connectivity index is 1.63. The van der Waals surface area contributed by atoms with E-state index in [2.05, 4.69) is 27.5 Å². The van der Waals surface area contributed by atoms with Crippen LogP contribution >= 0.6 is 0 Å². The molecule has 1 aliphatic rings. The quantitative estimate of drug-likeness (QED) is 0.0653. The molecule has 0 spiro atoms. The molecular formula is C30H32N6O4. The molecule has 0 aromatic heterocycles. The lowest BCUT2D eigenvalue weighted by atomic mass is 9.84. The third kappa shape index (κ3) is 6.68. The molecule has 3 N–H and O–H groups in total. The van der Waals surface area contributed by atoms with Gasteiger partial charge in [-0.15, -0.1) is 6.58 Å². The molecule has 0 bridgehead atoms. The highest BCUT2D eigenvalue weighted by atomic mass is 16.5. The Morgan fingerprint density at radius 2 is 1.90 bits per heavy atom. The fourth-order valence-electron chi connectivity index (χ4n) is 4.46. The van der Waals surface area contributed by atoms with E-state index in [-0.39, 0.29) is 18.9 Å². The second kappa shape index (κ2) is 14.0. The summed E-state index contributed by atoms with van der Waals surface area (Å²) in [5.74, 6) is 0.503. The summed E-state index contributed by atoms with van der Waals surface area (Å²) in [7, 11) is 0. The van der Waals surface area contributed by atoms with Gasteiger partial charge in [0.15, 0.2) is 11.6 Å². The molecule has 0 saturated carbocycles. The number of rotatable bonds is 14. The number of hydrogen-bond donors (Lipinski definition) is 3. The van der Waals surface area contributed by atoms with Gasteiger partial charge >= 0.3 is 0 Å². The normalized spacial score (nSPS) is 17.7. The van der Waals surface area contributed by atoms with Crippen LogP contribution in [0.3, 0.4) is 0 Å². The summed E-state index contributed by atoms with van der Waals surface area (Å²) in [5, 5.41) is 12.8. The average Bonchev–Trinajstić information content (AvgIpc) is 3.37. The Labute approximate surface area is 233 Å². The van der Waals surface area contributed by atoms with E-state index in [0.29, 0.717) is 42.1 Å². The maximum atomic E-state index is 13.8. The van der Waals surface area contributed by atoms with Crippen LogP contribution in [-0.4, -0.2) is 42.2 Å². The maximum absolute atomic E-state index is 13.8. The number of hydrazine groups is 1. The minimum Gasteiger partial charge on any atom is -0.494 e. The average molecular weight is 541 g/mol. The molecule has 0 radical (unpaired) electrons. The zero-order valence-electron chi connectivity index (χ0n) is 22.1. The molecule has 40 heavy (non-hydrogen) atoms. The number of carbonyl (C=O) groups is 1.